The number of aromatic nitrogens is 2. The standard InChI is InChI=1S/C16H20N4O/c1-4-9-21-15-7-5-14(6-8-15)11-17-20-16-18-12(2)10-13(3)19-16/h5-8,10-11H,4,9H2,1-3H3,(H,18,19,20)/b17-11-. The zero-order chi connectivity index (χ0) is 15.1. The third-order valence-corrected chi connectivity index (χ3v) is 2.71. The van der Waals surface area contributed by atoms with Crippen LogP contribution in [0.3, 0.4) is 0 Å². The van der Waals surface area contributed by atoms with Crippen LogP contribution in [0.4, 0.5) is 5.95 Å². The molecule has 0 aliphatic carbocycles. The molecule has 1 heterocycles. The molecule has 0 unspecified atom stereocenters. The van der Waals surface area contributed by atoms with Crippen LogP contribution in [-0.2, 0) is 0 Å². The average molecular weight is 284 g/mol. The van der Waals surface area contributed by atoms with E-state index in [0.29, 0.717) is 5.95 Å². The van der Waals surface area contributed by atoms with Gasteiger partial charge in [-0.25, -0.2) is 15.4 Å². The quantitative estimate of drug-likeness (QED) is 0.653. The van der Waals surface area contributed by atoms with Crippen LogP contribution in [0.25, 0.3) is 0 Å². The van der Waals surface area contributed by atoms with E-state index in [2.05, 4.69) is 27.4 Å². The van der Waals surface area contributed by atoms with Crippen LogP contribution in [0.2, 0.25) is 0 Å². The molecule has 0 saturated carbocycles. The molecule has 2 rings (SSSR count). The molecule has 0 amide bonds. The number of aryl methyl sites for hydroxylation is 2. The van der Waals surface area contributed by atoms with Crippen molar-refractivity contribution in [2.24, 2.45) is 5.10 Å². The van der Waals surface area contributed by atoms with E-state index in [1.807, 2.05) is 44.2 Å². The lowest BCUT2D eigenvalue weighted by Crippen LogP contribution is -1.99. The summed E-state index contributed by atoms with van der Waals surface area (Å²) >= 11 is 0. The Morgan fingerprint density at radius 3 is 2.43 bits per heavy atom. The third-order valence-electron chi connectivity index (χ3n) is 2.71. The normalized spacial score (nSPS) is 10.8. The van der Waals surface area contributed by atoms with Crippen LogP contribution in [0.1, 0.15) is 30.3 Å². The second-order valence-corrected chi connectivity index (χ2v) is 4.76. The predicted octanol–water partition coefficient (Wildman–Crippen LogP) is 3.33. The highest BCUT2D eigenvalue weighted by Crippen LogP contribution is 2.11. The van der Waals surface area contributed by atoms with E-state index in [9.17, 15) is 0 Å². The Hall–Kier alpha value is -2.43. The number of hydrazone groups is 1. The SMILES string of the molecule is CCCOc1ccc(/C=N\Nc2nc(C)cc(C)n2)cc1. The topological polar surface area (TPSA) is 59.4 Å². The van der Waals surface area contributed by atoms with Gasteiger partial charge in [0.05, 0.1) is 12.8 Å². The second-order valence-electron chi connectivity index (χ2n) is 4.76. The molecule has 1 aromatic carbocycles. The first-order chi connectivity index (χ1) is 10.2. The van der Waals surface area contributed by atoms with Crippen molar-refractivity contribution in [3.63, 3.8) is 0 Å². The number of nitrogens with zero attached hydrogens (tertiary/aromatic N) is 3. The summed E-state index contributed by atoms with van der Waals surface area (Å²) in [5, 5.41) is 4.15. The number of rotatable bonds is 6. The summed E-state index contributed by atoms with van der Waals surface area (Å²) in [7, 11) is 0. The fourth-order valence-electron chi connectivity index (χ4n) is 1.81. The van der Waals surface area contributed by atoms with Crippen LogP contribution >= 0.6 is 0 Å². The van der Waals surface area contributed by atoms with Gasteiger partial charge in [0.15, 0.2) is 0 Å². The lowest BCUT2D eigenvalue weighted by molar-refractivity contribution is 0.317. The Balaban J connectivity index is 1.94. The largest absolute Gasteiger partial charge is 0.494 e. The summed E-state index contributed by atoms with van der Waals surface area (Å²) in [5.41, 5.74) is 5.65. The summed E-state index contributed by atoms with van der Waals surface area (Å²) in [6.45, 7) is 6.68. The van der Waals surface area contributed by atoms with E-state index in [0.717, 1.165) is 35.7 Å². The first-order valence-corrected chi connectivity index (χ1v) is 7.01. The third kappa shape index (κ3) is 4.87. The molecule has 0 aliphatic heterocycles. The Bertz CT molecular complexity index is 588. The van der Waals surface area contributed by atoms with Gasteiger partial charge in [0, 0.05) is 11.4 Å². The number of benzene rings is 1. The zero-order valence-corrected chi connectivity index (χ0v) is 12.6. The molecule has 1 aromatic heterocycles. The van der Waals surface area contributed by atoms with Crippen molar-refractivity contribution in [1.29, 1.82) is 0 Å². The zero-order valence-electron chi connectivity index (χ0n) is 12.6. The summed E-state index contributed by atoms with van der Waals surface area (Å²) in [6, 6.07) is 9.70. The van der Waals surface area contributed by atoms with Crippen LogP contribution in [0, 0.1) is 13.8 Å². The number of hydrogen-bond acceptors (Lipinski definition) is 5. The Labute approximate surface area is 125 Å². The van der Waals surface area contributed by atoms with Gasteiger partial charge in [0.1, 0.15) is 5.75 Å². The highest BCUT2D eigenvalue weighted by Gasteiger charge is 1.97. The molecule has 0 spiro atoms. The van der Waals surface area contributed by atoms with Crippen LogP contribution < -0.4 is 10.2 Å². The molecule has 21 heavy (non-hydrogen) atoms. The van der Waals surface area contributed by atoms with E-state index in [1.165, 1.54) is 0 Å². The van der Waals surface area contributed by atoms with Gasteiger partial charge in [-0.2, -0.15) is 5.10 Å². The second kappa shape index (κ2) is 7.38. The smallest absolute Gasteiger partial charge is 0.243 e. The molecule has 0 radical (unpaired) electrons. The van der Waals surface area contributed by atoms with Gasteiger partial charge < -0.3 is 4.74 Å². The van der Waals surface area contributed by atoms with E-state index in [4.69, 9.17) is 4.74 Å². The molecule has 0 bridgehead atoms. The lowest BCUT2D eigenvalue weighted by atomic mass is 10.2. The van der Waals surface area contributed by atoms with Crippen molar-refractivity contribution in [2.45, 2.75) is 27.2 Å². The van der Waals surface area contributed by atoms with Gasteiger partial charge in [0.25, 0.3) is 0 Å². The molecule has 0 aliphatic rings. The van der Waals surface area contributed by atoms with Gasteiger partial charge >= 0.3 is 0 Å². The molecule has 0 saturated heterocycles. The van der Waals surface area contributed by atoms with Gasteiger partial charge in [-0.15, -0.1) is 0 Å². The molecule has 2 aromatic rings. The van der Waals surface area contributed by atoms with Crippen LogP contribution in [0.15, 0.2) is 35.4 Å². The summed E-state index contributed by atoms with van der Waals surface area (Å²) in [6.07, 6.45) is 2.73. The van der Waals surface area contributed by atoms with Gasteiger partial charge in [-0.3, -0.25) is 0 Å². The summed E-state index contributed by atoms with van der Waals surface area (Å²) in [5.74, 6) is 1.38. The minimum Gasteiger partial charge on any atom is -0.494 e. The maximum absolute atomic E-state index is 5.53. The number of nitrogens with one attached hydrogen (secondary N) is 1. The van der Waals surface area contributed by atoms with Crippen LogP contribution in [0.5, 0.6) is 5.75 Å². The summed E-state index contributed by atoms with van der Waals surface area (Å²) < 4.78 is 5.53. The number of anilines is 1. The van der Waals surface area contributed by atoms with E-state index >= 15 is 0 Å². The average Bonchev–Trinajstić information content (AvgIpc) is 2.45. The number of hydrogen-bond donors (Lipinski definition) is 1. The molecular formula is C16H20N4O. The monoisotopic (exact) mass is 284 g/mol. The summed E-state index contributed by atoms with van der Waals surface area (Å²) in [4.78, 5) is 8.51. The van der Waals surface area contributed by atoms with Crippen LogP contribution in [-0.4, -0.2) is 22.8 Å². The van der Waals surface area contributed by atoms with Crippen molar-refractivity contribution >= 4 is 12.2 Å². The fraction of sp³-hybridized carbons (Fsp3) is 0.312. The maximum atomic E-state index is 5.53. The lowest BCUT2D eigenvalue weighted by Gasteiger charge is -2.04. The molecule has 1 N–H and O–H groups in total. The van der Waals surface area contributed by atoms with Crippen molar-refractivity contribution in [2.75, 3.05) is 12.0 Å². The van der Waals surface area contributed by atoms with Crippen molar-refractivity contribution < 1.29 is 4.74 Å². The molecule has 0 atom stereocenters. The maximum Gasteiger partial charge on any atom is 0.243 e. The van der Waals surface area contributed by atoms with Gasteiger partial charge in [-0.1, -0.05) is 6.92 Å². The molecule has 110 valence electrons. The van der Waals surface area contributed by atoms with Gasteiger partial charge in [0.2, 0.25) is 5.95 Å². The Morgan fingerprint density at radius 1 is 1.14 bits per heavy atom. The highest BCUT2D eigenvalue weighted by molar-refractivity contribution is 5.80. The molecule has 0 fully saturated rings. The molecular weight excluding hydrogens is 264 g/mol. The molecule has 5 nitrogen and oxygen atoms in total. The number of ether oxygens (including phenoxy) is 1. The Morgan fingerprint density at radius 2 is 1.81 bits per heavy atom. The minimum absolute atomic E-state index is 0.506. The van der Waals surface area contributed by atoms with E-state index < -0.39 is 0 Å². The first-order valence-electron chi connectivity index (χ1n) is 7.01. The minimum atomic E-state index is 0.506. The van der Waals surface area contributed by atoms with E-state index in [1.54, 1.807) is 6.21 Å². The first kappa shape index (κ1) is 15.0. The fourth-order valence-corrected chi connectivity index (χ4v) is 1.81. The molecule has 5 heteroatoms. The Kier molecular flexibility index (Phi) is 5.26. The van der Waals surface area contributed by atoms with Crippen molar-refractivity contribution in [1.82, 2.24) is 9.97 Å². The van der Waals surface area contributed by atoms with Gasteiger partial charge in [-0.05, 0) is 56.2 Å². The predicted molar refractivity (Wildman–Crippen MR) is 85.0 cm³/mol. The van der Waals surface area contributed by atoms with Crippen molar-refractivity contribution in [3.05, 3.63) is 47.3 Å². The van der Waals surface area contributed by atoms with Crippen molar-refractivity contribution in [3.8, 4) is 5.75 Å². The van der Waals surface area contributed by atoms with E-state index in [-0.39, 0.29) is 0 Å². The highest BCUT2D eigenvalue weighted by atomic mass is 16.5.